The number of anilines is 6. The molecule has 16 nitrogen and oxygen atoms in total. The number of hydrogen-bond acceptors (Lipinski definition) is 14. The number of piperazine rings is 2. The number of aromatic nitrogens is 6. The second kappa shape index (κ2) is 19.7. The molecule has 2 saturated heterocycles. The van der Waals surface area contributed by atoms with Gasteiger partial charge in [0, 0.05) is 100 Å². The molecule has 0 spiro atoms. The minimum atomic E-state index is -3.49. The Hall–Kier alpha value is -6.93. The average Bonchev–Trinajstić information content (AvgIpc) is 4.02. The van der Waals surface area contributed by atoms with Crippen LogP contribution in [0.15, 0.2) is 144 Å². The first-order chi connectivity index (χ1) is 34.2. The molecule has 19 heteroatoms. The van der Waals surface area contributed by atoms with E-state index in [1.165, 1.54) is 6.26 Å². The number of rotatable bonds is 15. The van der Waals surface area contributed by atoms with Gasteiger partial charge < -0.3 is 14.7 Å². The molecule has 2 aliphatic heterocycles. The number of nitrogens with zero attached hydrogens (tertiary/aromatic N) is 12. The number of benzene rings is 4. The van der Waals surface area contributed by atoms with Crippen molar-refractivity contribution in [2.24, 2.45) is 0 Å². The molecule has 0 amide bonds. The van der Waals surface area contributed by atoms with Gasteiger partial charge in [-0.1, -0.05) is 36.4 Å². The van der Waals surface area contributed by atoms with Crippen molar-refractivity contribution in [3.05, 3.63) is 134 Å². The molecule has 0 saturated carbocycles. The molecule has 0 aliphatic carbocycles. The van der Waals surface area contributed by atoms with E-state index in [0.29, 0.717) is 29.6 Å². The van der Waals surface area contributed by atoms with Crippen LogP contribution in [0.4, 0.5) is 39.0 Å². The molecule has 6 heterocycles. The highest BCUT2D eigenvalue weighted by atomic mass is 32.2. The van der Waals surface area contributed by atoms with E-state index in [-0.39, 0.29) is 16.5 Å². The van der Waals surface area contributed by atoms with Crippen LogP contribution in [-0.4, -0.2) is 140 Å². The Bertz CT molecular complexity index is 3410. The summed E-state index contributed by atoms with van der Waals surface area (Å²) in [7, 11) is -4.77. The Morgan fingerprint density at radius 3 is 1.51 bits per heavy atom. The molecule has 0 bridgehead atoms. The molecule has 0 radical (unpaired) electrons. The summed E-state index contributed by atoms with van der Waals surface area (Å²) in [5, 5.41) is 13.7. The van der Waals surface area contributed by atoms with Gasteiger partial charge >= 0.3 is 0 Å². The van der Waals surface area contributed by atoms with Crippen LogP contribution in [0, 0.1) is 0 Å². The number of pyridine rings is 2. The fraction of sp³-hybridized carbons (Fsp3) is 0.308. The first kappa shape index (κ1) is 47.7. The van der Waals surface area contributed by atoms with Gasteiger partial charge in [0.25, 0.3) is 11.9 Å². The zero-order valence-electron chi connectivity index (χ0n) is 40.3. The van der Waals surface area contributed by atoms with Gasteiger partial charge in [-0.3, -0.25) is 9.29 Å². The standard InChI is InChI=1S/C52H57FN12O4S2/c1-38(2)71(68,69)46-22-18-40(19-23-46)48-15-8-27-63-50(48)55-52(57-63)64(43-12-5-10-41(36-43)60-32-28-58(3)29-33-60)65(44-13-6-11-42(37-44)61-34-30-59(31-35-61)25-9-24-53)51-54-49-47(14-7-26-62(49)56-51)39-16-20-45(21-17-39)70(4,66)67/h5-8,10-23,26-27,36-38H,9,24-25,28-35H2,1-4H3. The van der Waals surface area contributed by atoms with Crippen LogP contribution in [0.2, 0.25) is 0 Å². The summed E-state index contributed by atoms with van der Waals surface area (Å²) in [5.74, 6) is 0.624. The first-order valence-electron chi connectivity index (χ1n) is 23.9. The monoisotopic (exact) mass is 996 g/mol. The zero-order chi connectivity index (χ0) is 49.4. The second-order valence-electron chi connectivity index (χ2n) is 18.4. The van der Waals surface area contributed by atoms with Gasteiger partial charge in [-0.05, 0) is 123 Å². The molecule has 8 aromatic rings. The average molecular weight is 997 g/mol. The van der Waals surface area contributed by atoms with Gasteiger partial charge in [0.05, 0.1) is 33.1 Å². The molecule has 4 aromatic carbocycles. The molecule has 0 N–H and O–H groups in total. The first-order valence-corrected chi connectivity index (χ1v) is 27.3. The third kappa shape index (κ3) is 9.78. The van der Waals surface area contributed by atoms with Gasteiger partial charge in [-0.15, -0.1) is 10.2 Å². The SMILES string of the molecule is CC(C)S(=O)(=O)c1ccc(-c2cccn3nc(N(c4cccc(N5CCN(C)CC5)c4)N(c4cccc(N5CCN(CCCF)CC5)c4)c4nc5c(-c6ccc(S(C)(=O)=O)cc6)cccn5n4)nc23)cc1. The van der Waals surface area contributed by atoms with E-state index >= 15 is 0 Å². The topological polar surface area (TPSA) is 148 Å². The van der Waals surface area contributed by atoms with Crippen molar-refractivity contribution in [1.82, 2.24) is 39.0 Å². The van der Waals surface area contributed by atoms with Gasteiger partial charge in [0.2, 0.25) is 0 Å². The molecule has 71 heavy (non-hydrogen) atoms. The number of fused-ring (bicyclic) bond motifs is 2. The van der Waals surface area contributed by atoms with E-state index in [9.17, 15) is 21.2 Å². The lowest BCUT2D eigenvalue weighted by Crippen LogP contribution is -2.46. The quantitative estimate of drug-likeness (QED) is 0.0920. The summed E-state index contributed by atoms with van der Waals surface area (Å²) in [6.07, 6.45) is 5.39. The summed E-state index contributed by atoms with van der Waals surface area (Å²) >= 11 is 0. The Morgan fingerprint density at radius 2 is 1.06 bits per heavy atom. The van der Waals surface area contributed by atoms with E-state index in [0.717, 1.165) is 104 Å². The third-order valence-corrected chi connectivity index (χ3v) is 16.7. The maximum Gasteiger partial charge on any atom is 0.269 e. The van der Waals surface area contributed by atoms with E-state index in [1.54, 1.807) is 59.3 Å². The molecule has 0 unspecified atom stereocenters. The zero-order valence-corrected chi connectivity index (χ0v) is 41.9. The summed E-state index contributed by atoms with van der Waals surface area (Å²) in [6.45, 7) is 10.4. The minimum absolute atomic E-state index is 0.219. The normalized spacial score (nSPS) is 15.3. The number of hydrogen-bond donors (Lipinski definition) is 0. The largest absolute Gasteiger partial charge is 0.369 e. The van der Waals surface area contributed by atoms with E-state index in [1.807, 2.05) is 83.1 Å². The third-order valence-electron chi connectivity index (χ3n) is 13.4. The number of hydrazine groups is 1. The van der Waals surface area contributed by atoms with Gasteiger partial charge in [0.1, 0.15) is 0 Å². The second-order valence-corrected chi connectivity index (χ2v) is 23.0. The van der Waals surface area contributed by atoms with Crippen molar-refractivity contribution in [2.75, 3.05) is 98.7 Å². The maximum atomic E-state index is 13.1. The van der Waals surface area contributed by atoms with Crippen molar-refractivity contribution in [1.29, 1.82) is 0 Å². The Morgan fingerprint density at radius 1 is 0.592 bits per heavy atom. The number of alkyl halides is 1. The highest BCUT2D eigenvalue weighted by molar-refractivity contribution is 7.92. The number of sulfone groups is 2. The van der Waals surface area contributed by atoms with Crippen LogP contribution in [0.25, 0.3) is 33.5 Å². The van der Waals surface area contributed by atoms with Gasteiger partial charge in [0.15, 0.2) is 31.0 Å². The van der Waals surface area contributed by atoms with Crippen LogP contribution in [0.3, 0.4) is 0 Å². The van der Waals surface area contributed by atoms with Crippen LogP contribution >= 0.6 is 0 Å². The molecule has 2 fully saturated rings. The summed E-state index contributed by atoms with van der Waals surface area (Å²) in [4.78, 5) is 20.5. The fourth-order valence-corrected chi connectivity index (χ4v) is 10.9. The van der Waals surface area contributed by atoms with Crippen molar-refractivity contribution in [3.8, 4) is 22.3 Å². The summed E-state index contributed by atoms with van der Waals surface area (Å²) in [6, 6.07) is 37.9. The van der Waals surface area contributed by atoms with Crippen molar-refractivity contribution < 1.29 is 21.2 Å². The molecular weight excluding hydrogens is 940 g/mol. The Labute approximate surface area is 414 Å². The summed E-state index contributed by atoms with van der Waals surface area (Å²) < 4.78 is 67.7. The van der Waals surface area contributed by atoms with E-state index < -0.39 is 24.9 Å². The predicted molar refractivity (Wildman–Crippen MR) is 278 cm³/mol. The molecule has 2 aliphatic rings. The van der Waals surface area contributed by atoms with Crippen molar-refractivity contribution in [2.45, 2.75) is 35.3 Å². The lowest BCUT2D eigenvalue weighted by molar-refractivity contribution is 0.245. The molecular formula is C52H57FN12O4S2. The van der Waals surface area contributed by atoms with Gasteiger partial charge in [-0.2, -0.15) is 9.97 Å². The van der Waals surface area contributed by atoms with E-state index in [2.05, 4.69) is 50.9 Å². The lowest BCUT2D eigenvalue weighted by Gasteiger charge is -2.37. The van der Waals surface area contributed by atoms with Crippen LogP contribution < -0.4 is 19.8 Å². The Kier molecular flexibility index (Phi) is 13.2. The van der Waals surface area contributed by atoms with Crippen LogP contribution in [0.1, 0.15) is 20.3 Å². The van der Waals surface area contributed by atoms with Crippen LogP contribution in [0.5, 0.6) is 0 Å². The Balaban J connectivity index is 1.16. The molecule has 368 valence electrons. The van der Waals surface area contributed by atoms with Gasteiger partial charge in [-0.25, -0.2) is 35.9 Å². The smallest absolute Gasteiger partial charge is 0.269 e. The maximum absolute atomic E-state index is 13.1. The van der Waals surface area contributed by atoms with Crippen molar-refractivity contribution >= 4 is 65.6 Å². The highest BCUT2D eigenvalue weighted by Gasteiger charge is 2.31. The molecule has 4 aromatic heterocycles. The summed E-state index contributed by atoms with van der Waals surface area (Å²) in [5.41, 5.74) is 7.61. The number of likely N-dealkylation sites (N-methyl/N-ethyl adjacent to an activating group) is 1. The molecule has 10 rings (SSSR count). The van der Waals surface area contributed by atoms with Crippen molar-refractivity contribution in [3.63, 3.8) is 0 Å². The number of halogens is 1. The minimum Gasteiger partial charge on any atom is -0.369 e. The highest BCUT2D eigenvalue weighted by Crippen LogP contribution is 2.39. The predicted octanol–water partition coefficient (Wildman–Crippen LogP) is 7.82. The fourth-order valence-electron chi connectivity index (χ4n) is 9.26. The van der Waals surface area contributed by atoms with E-state index in [4.69, 9.17) is 20.2 Å². The molecule has 0 atom stereocenters. The lowest BCUT2D eigenvalue weighted by atomic mass is 10.1. The van der Waals surface area contributed by atoms with Crippen LogP contribution in [-0.2, 0) is 19.7 Å².